The fraction of sp³-hybridized carbons (Fsp3) is 0.412. The molecule has 0 aliphatic heterocycles. The highest BCUT2D eigenvalue weighted by molar-refractivity contribution is 5.88. The minimum absolute atomic E-state index is 0.0138. The Morgan fingerprint density at radius 1 is 0.327 bits per heavy atom. The molecular formula is C51H26F40N2O8. The smallest absolute Gasteiger partial charge is 0.460 e. The summed E-state index contributed by atoms with van der Waals surface area (Å²) in [6.07, 6.45) is -36.0. The Labute approximate surface area is 530 Å². The molecule has 0 aromatic heterocycles. The number of allylic oxidation sites excluding steroid dienone is 2. The van der Waals surface area contributed by atoms with Crippen LogP contribution >= 0.6 is 0 Å². The number of anilines is 2. The van der Waals surface area contributed by atoms with E-state index in [1.807, 2.05) is 0 Å². The van der Waals surface area contributed by atoms with E-state index in [1.165, 1.54) is 0 Å². The average Bonchev–Trinajstić information content (AvgIpc) is 0.714. The Kier molecular flexibility index (Phi) is 22.9. The summed E-state index contributed by atoms with van der Waals surface area (Å²) in [4.78, 5) is 26.1. The lowest BCUT2D eigenvalue weighted by molar-refractivity contribution is -0.451. The molecule has 0 saturated heterocycles. The van der Waals surface area contributed by atoms with Crippen LogP contribution in [-0.4, -0.2) is 122 Å². The summed E-state index contributed by atoms with van der Waals surface area (Å²) >= 11 is 0. The van der Waals surface area contributed by atoms with Gasteiger partial charge >= 0.3 is 120 Å². The zero-order valence-corrected chi connectivity index (χ0v) is 47.4. The molecule has 0 fully saturated rings. The minimum atomic E-state index is -9.20. The van der Waals surface area contributed by atoms with Crippen LogP contribution in [0.25, 0.3) is 0 Å². The van der Waals surface area contributed by atoms with Crippen molar-refractivity contribution in [2.24, 2.45) is 0 Å². The third-order valence-electron chi connectivity index (χ3n) is 13.2. The van der Waals surface area contributed by atoms with Crippen molar-refractivity contribution in [1.29, 1.82) is 0 Å². The second kappa shape index (κ2) is 27.2. The second-order valence-electron chi connectivity index (χ2n) is 19.5. The summed E-state index contributed by atoms with van der Waals surface area (Å²) in [6.45, 7) is -2.45. The Bertz CT molecular complexity index is 3470. The van der Waals surface area contributed by atoms with Crippen molar-refractivity contribution in [2.75, 3.05) is 24.9 Å². The van der Waals surface area contributed by atoms with Crippen molar-refractivity contribution < 1.29 is 214 Å². The zero-order valence-electron chi connectivity index (χ0n) is 47.4. The molecule has 0 radical (unpaired) electrons. The van der Waals surface area contributed by atoms with Crippen molar-refractivity contribution in [3.05, 3.63) is 131 Å². The highest BCUT2D eigenvalue weighted by atomic mass is 19.5. The van der Waals surface area contributed by atoms with E-state index in [4.69, 9.17) is 9.47 Å². The van der Waals surface area contributed by atoms with Crippen molar-refractivity contribution in [1.82, 2.24) is 0 Å². The van der Waals surface area contributed by atoms with Crippen LogP contribution in [-0.2, 0) is 28.1 Å². The molecule has 2 amide bonds. The van der Waals surface area contributed by atoms with Crippen LogP contribution < -0.4 is 29.6 Å². The van der Waals surface area contributed by atoms with Gasteiger partial charge in [-0.05, 0) is 70.8 Å². The molecule has 101 heavy (non-hydrogen) atoms. The number of alkyl halides is 36. The van der Waals surface area contributed by atoms with Crippen molar-refractivity contribution >= 4 is 23.6 Å². The van der Waals surface area contributed by atoms with Gasteiger partial charge in [-0.3, -0.25) is 10.6 Å². The van der Waals surface area contributed by atoms with E-state index >= 15 is 43.9 Å². The molecule has 0 saturated carbocycles. The van der Waals surface area contributed by atoms with E-state index in [-0.39, 0.29) is 22.6 Å². The highest BCUT2D eigenvalue weighted by Crippen LogP contribution is 2.66. The van der Waals surface area contributed by atoms with E-state index in [9.17, 15) is 141 Å². The summed E-state index contributed by atoms with van der Waals surface area (Å²) in [6, 6.07) is -6.59. The minimum Gasteiger partial charge on any atom is -0.497 e. The van der Waals surface area contributed by atoms with Crippen molar-refractivity contribution in [3.8, 4) is 23.0 Å². The van der Waals surface area contributed by atoms with Gasteiger partial charge in [0.15, 0.2) is 11.5 Å². The normalized spacial score (nSPS) is 14.9. The van der Waals surface area contributed by atoms with Crippen molar-refractivity contribution in [2.45, 2.75) is 114 Å². The number of methoxy groups -OCH3 is 2. The second-order valence-corrected chi connectivity index (χ2v) is 19.5. The van der Waals surface area contributed by atoms with Gasteiger partial charge in [-0.15, -0.1) is 0 Å². The van der Waals surface area contributed by atoms with Gasteiger partial charge < -0.3 is 28.4 Å². The Morgan fingerprint density at radius 3 is 0.812 bits per heavy atom. The highest BCUT2D eigenvalue weighted by Gasteiger charge is 2.96. The lowest BCUT2D eigenvalue weighted by atomic mass is 9.72. The first-order chi connectivity index (χ1) is 45.1. The van der Waals surface area contributed by atoms with Gasteiger partial charge in [0.1, 0.15) is 24.7 Å². The molecule has 0 atom stereocenters. The SMILES string of the molecule is COc1ccc(COC(=O)Nc2cc(C(c3ccc(OC(F)=C(F)C(F)(F)C(F)(F)C(F)(F)C(F)(F)C(F)(F)C(F)(F)C(F)(F)F)c(NC(=O)OCc4ccc(OC)cc4)c3)(C(F)(F)F)C(F)(F)F)ccc2OC(F)=C(F)C(F)(F)C(F)(F)C(F)(F)C(F)(F)C(F)(F)C(F)(F)C(F)(F)F)cc1. The van der Waals surface area contributed by atoms with E-state index in [0.717, 1.165) is 73.4 Å². The van der Waals surface area contributed by atoms with Crippen LogP contribution in [0.5, 0.6) is 23.0 Å². The molecule has 0 aliphatic carbocycles. The largest absolute Gasteiger partial charge is 0.497 e. The molecule has 0 unspecified atom stereocenters. The van der Waals surface area contributed by atoms with Gasteiger partial charge in [0, 0.05) is 0 Å². The van der Waals surface area contributed by atoms with Crippen LogP contribution in [0, 0.1) is 0 Å². The predicted molar refractivity (Wildman–Crippen MR) is 251 cm³/mol. The summed E-state index contributed by atoms with van der Waals surface area (Å²) in [5.41, 5.74) is -17.4. The number of carbonyl (C=O) groups is 2. The Morgan fingerprint density at radius 2 is 0.574 bits per heavy atom. The van der Waals surface area contributed by atoms with Gasteiger partial charge in [0.25, 0.3) is 0 Å². The first-order valence-electron chi connectivity index (χ1n) is 24.8. The number of rotatable bonds is 26. The molecule has 0 aliphatic rings. The van der Waals surface area contributed by atoms with Crippen LogP contribution in [0.1, 0.15) is 22.3 Å². The molecule has 50 heteroatoms. The van der Waals surface area contributed by atoms with Gasteiger partial charge in [0.05, 0.1) is 25.6 Å². The fourth-order valence-corrected chi connectivity index (χ4v) is 7.65. The van der Waals surface area contributed by atoms with Gasteiger partial charge in [-0.1, -0.05) is 36.4 Å². The standard InChI is InChI=1S/C51H26F40N2O8/c1-96-23-9-3-19(4-10-23)17-98-33(94)92-25-15-21(7-13-27(25)100-31(54)29(52)36(56,57)38(60,61)40(64,65)42(68,69)44(72,73)46(76,77)50(86,87)88)35(48(80,81)82,49(83,84)85)22-8-14-28(26(16-22)93-34(95)99-18-20-5-11-24(97-2)12-6-20)101-32(55)30(53)37(58,59)39(62,63)41(66,67)43(70,71)45(74,75)47(78,79)51(89,90)91/h3-16H,17-18H2,1-2H3,(H,92,94)(H,93,95). The maximum atomic E-state index is 15.7. The Balaban J connectivity index is 2.09. The summed E-state index contributed by atoms with van der Waals surface area (Å²) in [5, 5.41) is 1.97. The maximum absolute atomic E-state index is 15.7. The topological polar surface area (TPSA) is 114 Å². The molecule has 2 N–H and O–H groups in total. The zero-order chi connectivity index (χ0) is 78.7. The van der Waals surface area contributed by atoms with Crippen LogP contribution in [0.2, 0.25) is 0 Å². The third kappa shape index (κ3) is 14.3. The van der Waals surface area contributed by atoms with E-state index in [2.05, 4.69) is 18.9 Å². The molecule has 568 valence electrons. The van der Waals surface area contributed by atoms with Crippen LogP contribution in [0.15, 0.2) is 109 Å². The molecular weight excluding hydrogens is 1530 g/mol. The number of ether oxygens (including phenoxy) is 6. The molecule has 0 spiro atoms. The van der Waals surface area contributed by atoms with E-state index < -0.39 is 221 Å². The maximum Gasteiger partial charge on any atom is 0.460 e. The predicted octanol–water partition coefficient (Wildman–Crippen LogP) is 20.3. The van der Waals surface area contributed by atoms with Gasteiger partial charge in [-0.2, -0.15) is 176 Å². The molecule has 4 aromatic carbocycles. The van der Waals surface area contributed by atoms with E-state index in [0.29, 0.717) is 0 Å². The lowest BCUT2D eigenvalue weighted by Crippen LogP contribution is -2.72. The Hall–Kier alpha value is -8.70. The number of benzene rings is 4. The molecule has 4 aromatic rings. The monoisotopic (exact) mass is 1550 g/mol. The number of amides is 2. The van der Waals surface area contributed by atoms with Crippen LogP contribution in [0.4, 0.5) is 197 Å². The number of hydrogen-bond donors (Lipinski definition) is 2. The summed E-state index contributed by atoms with van der Waals surface area (Å²) < 4.78 is 598. The summed E-state index contributed by atoms with van der Waals surface area (Å²) in [5.74, 6) is -122. The van der Waals surface area contributed by atoms with Gasteiger partial charge in [-0.25, -0.2) is 9.59 Å². The molecule has 4 rings (SSSR count). The van der Waals surface area contributed by atoms with E-state index in [1.54, 1.807) is 0 Å². The fourth-order valence-electron chi connectivity index (χ4n) is 7.65. The lowest BCUT2D eigenvalue weighted by Gasteiger charge is -2.41. The summed E-state index contributed by atoms with van der Waals surface area (Å²) in [7, 11) is 2.10. The van der Waals surface area contributed by atoms with Gasteiger partial charge in [0.2, 0.25) is 17.1 Å². The number of nitrogens with one attached hydrogen (secondary N) is 2. The third-order valence-corrected chi connectivity index (χ3v) is 13.2. The number of carbonyl (C=O) groups excluding carboxylic acids is 2. The number of hydrogen-bond acceptors (Lipinski definition) is 8. The average molecular weight is 1550 g/mol. The quantitative estimate of drug-likeness (QED) is 0.0472. The van der Waals surface area contributed by atoms with Crippen LogP contribution in [0.3, 0.4) is 0 Å². The first-order valence-corrected chi connectivity index (χ1v) is 24.8. The first kappa shape index (κ1) is 84.7. The molecule has 10 nitrogen and oxygen atoms in total. The molecule has 0 heterocycles. The van der Waals surface area contributed by atoms with Crippen molar-refractivity contribution in [3.63, 3.8) is 0 Å². The number of halogens is 40. The molecule has 0 bridgehead atoms.